The van der Waals surface area contributed by atoms with E-state index >= 15 is 0 Å². The number of rotatable bonds is 5. The summed E-state index contributed by atoms with van der Waals surface area (Å²) in [7, 11) is 0. The predicted molar refractivity (Wildman–Crippen MR) is 242 cm³/mol. The van der Waals surface area contributed by atoms with E-state index in [4.69, 9.17) is 19.4 Å². The molecule has 0 saturated carbocycles. The van der Waals surface area contributed by atoms with Gasteiger partial charge >= 0.3 is 0 Å². The number of aromatic nitrogens is 4. The van der Waals surface area contributed by atoms with Crippen LogP contribution in [-0.2, 0) is 6.42 Å². The Hall–Kier alpha value is -7.85. The number of fused-ring (bicyclic) bond motifs is 8. The molecule has 5 heteroatoms. The van der Waals surface area contributed by atoms with Gasteiger partial charge in [-0.25, -0.2) is 15.0 Å². The minimum absolute atomic E-state index is 0.557. The van der Waals surface area contributed by atoms with Gasteiger partial charge in [-0.1, -0.05) is 121 Å². The molecule has 0 aliphatic heterocycles. The quantitative estimate of drug-likeness (QED) is 0.164. The SMILES string of the molecule is C1=Cc2oc3cc(-n4c5ccccc5c5c(-c6ccccc6)cccc54)ccc3c2C=CC=1c1nc(-c2ccc3c(c2)CCC=C3)nc(-c2ccc3ccccc3c2)n1. The smallest absolute Gasteiger partial charge is 0.171 e. The molecule has 0 fully saturated rings. The number of furan rings is 1. The minimum atomic E-state index is 0.557. The number of hydrogen-bond donors (Lipinski definition) is 0. The van der Waals surface area contributed by atoms with E-state index in [1.54, 1.807) is 0 Å². The van der Waals surface area contributed by atoms with Crippen LogP contribution in [0.3, 0.4) is 0 Å². The van der Waals surface area contributed by atoms with E-state index < -0.39 is 0 Å². The maximum Gasteiger partial charge on any atom is 0.171 e. The van der Waals surface area contributed by atoms with Crippen LogP contribution in [0.15, 0.2) is 174 Å². The van der Waals surface area contributed by atoms with Crippen LogP contribution < -0.4 is 0 Å². The van der Waals surface area contributed by atoms with Crippen molar-refractivity contribution in [2.45, 2.75) is 12.8 Å². The summed E-state index contributed by atoms with van der Waals surface area (Å²) >= 11 is 0. The fourth-order valence-electron chi connectivity index (χ4n) is 8.85. The molecule has 10 aromatic rings. The van der Waals surface area contributed by atoms with Gasteiger partial charge in [-0.3, -0.25) is 0 Å². The first-order valence-electron chi connectivity index (χ1n) is 20.1. The molecule has 59 heavy (non-hydrogen) atoms. The molecule has 0 spiro atoms. The van der Waals surface area contributed by atoms with Gasteiger partial charge in [0.25, 0.3) is 0 Å². The van der Waals surface area contributed by atoms with Crippen LogP contribution in [0.1, 0.15) is 34.7 Å². The largest absolute Gasteiger partial charge is 0.455 e. The third-order valence-corrected chi connectivity index (χ3v) is 11.7. The van der Waals surface area contributed by atoms with Crippen molar-refractivity contribution in [2.75, 3.05) is 0 Å². The lowest BCUT2D eigenvalue weighted by Gasteiger charge is -2.13. The van der Waals surface area contributed by atoms with Crippen molar-refractivity contribution in [2.24, 2.45) is 0 Å². The van der Waals surface area contributed by atoms with Gasteiger partial charge in [0.2, 0.25) is 0 Å². The lowest BCUT2D eigenvalue weighted by Crippen LogP contribution is -2.03. The van der Waals surface area contributed by atoms with Gasteiger partial charge < -0.3 is 8.98 Å². The second kappa shape index (κ2) is 13.4. The molecule has 0 radical (unpaired) electrons. The maximum atomic E-state index is 6.64. The molecule has 0 saturated heterocycles. The fourth-order valence-corrected chi connectivity index (χ4v) is 8.85. The van der Waals surface area contributed by atoms with E-state index in [9.17, 15) is 0 Å². The van der Waals surface area contributed by atoms with Gasteiger partial charge in [-0.2, -0.15) is 0 Å². The van der Waals surface area contributed by atoms with E-state index in [-0.39, 0.29) is 0 Å². The first kappa shape index (κ1) is 33.3. The zero-order valence-electron chi connectivity index (χ0n) is 31.9. The molecule has 3 aromatic heterocycles. The van der Waals surface area contributed by atoms with Gasteiger partial charge in [0.15, 0.2) is 17.5 Å². The summed E-state index contributed by atoms with van der Waals surface area (Å²) in [6.45, 7) is 0. The fraction of sp³-hybridized carbons (Fsp3) is 0.0370. The van der Waals surface area contributed by atoms with Crippen LogP contribution in [-0.4, -0.2) is 19.5 Å². The van der Waals surface area contributed by atoms with Crippen molar-refractivity contribution >= 4 is 67.3 Å². The molecule has 0 bridgehead atoms. The number of allylic oxidation sites excluding steroid dienone is 3. The molecule has 7 aromatic carbocycles. The normalized spacial score (nSPS) is 13.3. The number of hydrogen-bond acceptors (Lipinski definition) is 4. The highest BCUT2D eigenvalue weighted by atomic mass is 16.3. The second-order valence-corrected chi connectivity index (χ2v) is 15.2. The van der Waals surface area contributed by atoms with E-state index in [1.165, 1.54) is 38.4 Å². The van der Waals surface area contributed by atoms with E-state index in [1.807, 2.05) is 12.2 Å². The zero-order chi connectivity index (χ0) is 38.9. The van der Waals surface area contributed by atoms with Crippen LogP contribution >= 0.6 is 0 Å². The third kappa shape index (κ3) is 5.60. The molecule has 276 valence electrons. The van der Waals surface area contributed by atoms with Crippen LogP contribution in [0.4, 0.5) is 0 Å². The molecule has 3 heterocycles. The molecule has 12 rings (SSSR count). The molecule has 0 N–H and O–H groups in total. The zero-order valence-corrected chi connectivity index (χ0v) is 31.9. The number of benzene rings is 7. The molecule has 0 amide bonds. The van der Waals surface area contributed by atoms with Crippen molar-refractivity contribution in [3.8, 4) is 39.6 Å². The van der Waals surface area contributed by atoms with Crippen molar-refractivity contribution in [3.05, 3.63) is 198 Å². The molecule has 5 nitrogen and oxygen atoms in total. The number of nitrogens with zero attached hydrogens (tertiary/aromatic N) is 4. The third-order valence-electron chi connectivity index (χ3n) is 11.7. The summed E-state index contributed by atoms with van der Waals surface area (Å²) in [5, 5.41) is 5.79. The van der Waals surface area contributed by atoms with Crippen molar-refractivity contribution in [1.29, 1.82) is 0 Å². The minimum Gasteiger partial charge on any atom is -0.455 e. The molecular weight excluding hydrogens is 721 g/mol. The Morgan fingerprint density at radius 2 is 1.34 bits per heavy atom. The van der Waals surface area contributed by atoms with Gasteiger partial charge in [-0.05, 0) is 94.4 Å². The molecule has 0 unspecified atom stereocenters. The summed E-state index contributed by atoms with van der Waals surface area (Å²) in [5.41, 5.74) is 16.3. The second-order valence-electron chi connectivity index (χ2n) is 15.2. The van der Waals surface area contributed by atoms with Crippen LogP contribution in [0.25, 0.3) is 107 Å². The first-order chi connectivity index (χ1) is 29.2. The van der Waals surface area contributed by atoms with Gasteiger partial charge in [0.05, 0.1) is 16.6 Å². The van der Waals surface area contributed by atoms with Crippen molar-refractivity contribution < 1.29 is 4.42 Å². The predicted octanol–water partition coefficient (Wildman–Crippen LogP) is 13.6. The average Bonchev–Trinajstić information content (AvgIpc) is 3.75. The van der Waals surface area contributed by atoms with Gasteiger partial charge in [0, 0.05) is 50.7 Å². The number of para-hydroxylation sites is 1. The summed E-state index contributed by atoms with van der Waals surface area (Å²) in [6, 6.07) is 53.6. The van der Waals surface area contributed by atoms with Crippen molar-refractivity contribution in [1.82, 2.24) is 19.5 Å². The van der Waals surface area contributed by atoms with Gasteiger partial charge in [-0.15, -0.1) is 5.73 Å². The summed E-state index contributed by atoms with van der Waals surface area (Å²) in [6.07, 6.45) is 12.5. The summed E-state index contributed by atoms with van der Waals surface area (Å²) in [4.78, 5) is 15.2. The lowest BCUT2D eigenvalue weighted by atomic mass is 9.95. The molecular formula is C54H34N4O. The Labute approximate surface area is 340 Å². The van der Waals surface area contributed by atoms with Crippen LogP contribution in [0, 0.1) is 0 Å². The topological polar surface area (TPSA) is 56.7 Å². The van der Waals surface area contributed by atoms with Crippen molar-refractivity contribution in [3.63, 3.8) is 0 Å². The standard InChI is InChI=1S/C54H34N4O/c1-2-13-36(14-3-1)43-18-10-20-48-51(43)46-17-8-9-19-47(46)58(48)42-27-29-45-44-28-25-37(26-30-49(44)59-50(45)33-42)52-55-53(40-23-21-34-11-4-6-15-38(34)31-40)57-54(56-52)41-24-22-35-12-5-7-16-39(35)32-41/h1-6,8-15,17-25,27-33H,7,16H2. The van der Waals surface area contributed by atoms with Crippen LogP contribution in [0.2, 0.25) is 0 Å². The highest BCUT2D eigenvalue weighted by Gasteiger charge is 2.20. The van der Waals surface area contributed by atoms with Gasteiger partial charge in [0.1, 0.15) is 11.3 Å². The first-order valence-corrected chi connectivity index (χ1v) is 20.1. The van der Waals surface area contributed by atoms with E-state index in [2.05, 4.69) is 180 Å². The Bertz CT molecular complexity index is 3480. The molecule has 2 aliphatic carbocycles. The van der Waals surface area contributed by atoms with E-state index in [0.29, 0.717) is 17.5 Å². The lowest BCUT2D eigenvalue weighted by molar-refractivity contribution is 0.603. The highest BCUT2D eigenvalue weighted by Crippen LogP contribution is 2.40. The monoisotopic (exact) mass is 754 g/mol. The Morgan fingerprint density at radius 3 is 2.25 bits per heavy atom. The Balaban J connectivity index is 0.969. The summed E-state index contributed by atoms with van der Waals surface area (Å²) < 4.78 is 8.98. The molecule has 0 atom stereocenters. The summed E-state index contributed by atoms with van der Waals surface area (Å²) in [5.74, 6) is 2.55. The highest BCUT2D eigenvalue weighted by molar-refractivity contribution is 6.16. The van der Waals surface area contributed by atoms with E-state index in [0.717, 1.165) is 73.9 Å². The average molecular weight is 755 g/mol. The van der Waals surface area contributed by atoms with Crippen LogP contribution in [0.5, 0.6) is 0 Å². The Morgan fingerprint density at radius 1 is 0.559 bits per heavy atom. The maximum absolute atomic E-state index is 6.64. The molecule has 2 aliphatic rings. The number of aryl methyl sites for hydroxylation is 1. The Kier molecular flexibility index (Phi) is 7.55.